The van der Waals surface area contributed by atoms with Crippen LogP contribution < -0.4 is 5.32 Å². The van der Waals surface area contributed by atoms with Gasteiger partial charge in [-0.15, -0.1) is 11.3 Å². The number of benzene rings is 1. The number of anilines is 1. The minimum Gasteiger partial charge on any atom is -0.339 e. The first-order valence-electron chi connectivity index (χ1n) is 8.20. The third-order valence-corrected chi connectivity index (χ3v) is 5.16. The summed E-state index contributed by atoms with van der Waals surface area (Å²) in [6.45, 7) is 2.52. The van der Waals surface area contributed by atoms with Crippen LogP contribution >= 0.6 is 11.3 Å². The van der Waals surface area contributed by atoms with Gasteiger partial charge in [-0.1, -0.05) is 6.07 Å². The molecule has 0 radical (unpaired) electrons. The van der Waals surface area contributed by atoms with Gasteiger partial charge in [0.15, 0.2) is 5.13 Å². The van der Waals surface area contributed by atoms with Crippen LogP contribution in [0.5, 0.6) is 0 Å². The fourth-order valence-corrected chi connectivity index (χ4v) is 3.49. The number of aryl methyl sites for hydroxylation is 1. The van der Waals surface area contributed by atoms with Gasteiger partial charge in [0.2, 0.25) is 5.91 Å². The highest BCUT2D eigenvalue weighted by atomic mass is 32.1. The first kappa shape index (κ1) is 18.0. The van der Waals surface area contributed by atoms with Crippen molar-refractivity contribution in [2.45, 2.75) is 19.8 Å². The minimum absolute atomic E-state index is 0.0615. The number of nitro benzene ring substituents is 1. The molecule has 2 aromatic rings. The zero-order chi connectivity index (χ0) is 18.7. The standard InChI is InChI=1S/C17H18N4O4S/c1-11-2-3-13(10-14(11)21(24)25)16(23)20-7-4-12(5-8-20)15(22)19-17-18-6-9-26-17/h2-3,6,9-10,12H,4-5,7-8H2,1H3,(H,18,19,22). The molecule has 3 rings (SSSR count). The van der Waals surface area contributed by atoms with E-state index in [4.69, 9.17) is 0 Å². The van der Waals surface area contributed by atoms with Gasteiger partial charge < -0.3 is 10.2 Å². The molecule has 9 heteroatoms. The average Bonchev–Trinajstić information content (AvgIpc) is 3.14. The molecule has 1 aliphatic heterocycles. The van der Waals surface area contributed by atoms with Gasteiger partial charge in [0.25, 0.3) is 11.6 Å². The maximum absolute atomic E-state index is 12.6. The third kappa shape index (κ3) is 3.88. The molecule has 2 heterocycles. The summed E-state index contributed by atoms with van der Waals surface area (Å²) in [5.41, 5.74) is 0.755. The fraction of sp³-hybridized carbons (Fsp3) is 0.353. The predicted molar refractivity (Wildman–Crippen MR) is 97.2 cm³/mol. The van der Waals surface area contributed by atoms with E-state index >= 15 is 0 Å². The number of hydrogen-bond acceptors (Lipinski definition) is 6. The summed E-state index contributed by atoms with van der Waals surface area (Å²) in [6, 6.07) is 4.50. The summed E-state index contributed by atoms with van der Waals surface area (Å²) in [4.78, 5) is 41.1. The summed E-state index contributed by atoms with van der Waals surface area (Å²) in [5, 5.41) is 16.2. The maximum Gasteiger partial charge on any atom is 0.273 e. The topological polar surface area (TPSA) is 105 Å². The molecule has 0 saturated carbocycles. The summed E-state index contributed by atoms with van der Waals surface area (Å²) in [6.07, 6.45) is 2.73. The van der Waals surface area contributed by atoms with Crippen LogP contribution in [0.3, 0.4) is 0 Å². The lowest BCUT2D eigenvalue weighted by atomic mass is 9.95. The van der Waals surface area contributed by atoms with Crippen molar-refractivity contribution in [3.63, 3.8) is 0 Å². The van der Waals surface area contributed by atoms with Gasteiger partial charge in [0.1, 0.15) is 0 Å². The Hall–Kier alpha value is -2.81. The van der Waals surface area contributed by atoms with E-state index in [-0.39, 0.29) is 23.4 Å². The Morgan fingerprint density at radius 2 is 2.08 bits per heavy atom. The molecular weight excluding hydrogens is 356 g/mol. The number of nitrogens with zero attached hydrogens (tertiary/aromatic N) is 3. The predicted octanol–water partition coefficient (Wildman–Crippen LogP) is 2.85. The van der Waals surface area contributed by atoms with E-state index in [9.17, 15) is 19.7 Å². The molecule has 1 aromatic heterocycles. The van der Waals surface area contributed by atoms with Crippen molar-refractivity contribution in [2.75, 3.05) is 18.4 Å². The molecule has 1 saturated heterocycles. The third-order valence-electron chi connectivity index (χ3n) is 4.47. The number of nitro groups is 1. The van der Waals surface area contributed by atoms with Gasteiger partial charge in [-0.3, -0.25) is 19.7 Å². The molecule has 0 unspecified atom stereocenters. The molecule has 1 fully saturated rings. The largest absolute Gasteiger partial charge is 0.339 e. The monoisotopic (exact) mass is 374 g/mol. The summed E-state index contributed by atoms with van der Waals surface area (Å²) >= 11 is 1.36. The number of amides is 2. The second-order valence-corrected chi connectivity index (χ2v) is 7.05. The number of aromatic nitrogens is 1. The molecular formula is C17H18N4O4S. The van der Waals surface area contributed by atoms with E-state index in [1.165, 1.54) is 17.4 Å². The van der Waals surface area contributed by atoms with Crippen LogP contribution in [0.4, 0.5) is 10.8 Å². The number of thiazole rings is 1. The Bertz CT molecular complexity index is 829. The van der Waals surface area contributed by atoms with Crippen LogP contribution in [0.1, 0.15) is 28.8 Å². The molecule has 8 nitrogen and oxygen atoms in total. The van der Waals surface area contributed by atoms with Crippen LogP contribution in [0, 0.1) is 23.0 Å². The lowest BCUT2D eigenvalue weighted by Gasteiger charge is -2.31. The van der Waals surface area contributed by atoms with Crippen molar-refractivity contribution in [1.82, 2.24) is 9.88 Å². The molecule has 0 aliphatic carbocycles. The molecule has 136 valence electrons. The maximum atomic E-state index is 12.6. The van der Waals surface area contributed by atoms with E-state index < -0.39 is 4.92 Å². The highest BCUT2D eigenvalue weighted by Crippen LogP contribution is 2.24. The minimum atomic E-state index is -0.485. The number of nitrogens with one attached hydrogen (secondary N) is 1. The molecule has 1 aromatic carbocycles. The average molecular weight is 374 g/mol. The number of rotatable bonds is 4. The van der Waals surface area contributed by atoms with E-state index in [1.807, 2.05) is 0 Å². The van der Waals surface area contributed by atoms with Gasteiger partial charge in [0, 0.05) is 47.8 Å². The number of carbonyl (C=O) groups is 2. The smallest absolute Gasteiger partial charge is 0.273 e. The van der Waals surface area contributed by atoms with Crippen LogP contribution in [0.15, 0.2) is 29.8 Å². The summed E-state index contributed by atoms with van der Waals surface area (Å²) in [5.74, 6) is -0.500. The van der Waals surface area contributed by atoms with Gasteiger partial charge in [0.05, 0.1) is 4.92 Å². The molecule has 0 spiro atoms. The first-order chi connectivity index (χ1) is 12.5. The van der Waals surface area contributed by atoms with Crippen molar-refractivity contribution < 1.29 is 14.5 Å². The van der Waals surface area contributed by atoms with Crippen LogP contribution in [-0.2, 0) is 4.79 Å². The Morgan fingerprint density at radius 3 is 2.69 bits per heavy atom. The highest BCUT2D eigenvalue weighted by Gasteiger charge is 2.29. The van der Waals surface area contributed by atoms with Crippen molar-refractivity contribution in [1.29, 1.82) is 0 Å². The van der Waals surface area contributed by atoms with E-state index in [0.717, 1.165) is 0 Å². The fourth-order valence-electron chi connectivity index (χ4n) is 2.96. The van der Waals surface area contributed by atoms with Crippen LogP contribution in [0.2, 0.25) is 0 Å². The number of piperidine rings is 1. The molecule has 1 N–H and O–H groups in total. The molecule has 2 amide bonds. The number of likely N-dealkylation sites (tertiary alicyclic amines) is 1. The lowest BCUT2D eigenvalue weighted by molar-refractivity contribution is -0.385. The zero-order valence-corrected chi connectivity index (χ0v) is 15.0. The van der Waals surface area contributed by atoms with E-state index in [2.05, 4.69) is 10.3 Å². The van der Waals surface area contributed by atoms with Crippen molar-refractivity contribution in [2.24, 2.45) is 5.92 Å². The van der Waals surface area contributed by atoms with Gasteiger partial charge in [-0.05, 0) is 25.8 Å². The van der Waals surface area contributed by atoms with E-state index in [0.29, 0.717) is 42.2 Å². The summed E-state index contributed by atoms with van der Waals surface area (Å²) < 4.78 is 0. The second-order valence-electron chi connectivity index (χ2n) is 6.15. The van der Waals surface area contributed by atoms with Crippen molar-refractivity contribution >= 4 is 34.0 Å². The van der Waals surface area contributed by atoms with Gasteiger partial charge >= 0.3 is 0 Å². The number of hydrogen-bond donors (Lipinski definition) is 1. The molecule has 0 atom stereocenters. The highest BCUT2D eigenvalue weighted by molar-refractivity contribution is 7.13. The van der Waals surface area contributed by atoms with E-state index in [1.54, 1.807) is 35.5 Å². The molecule has 1 aliphatic rings. The second kappa shape index (κ2) is 7.61. The lowest BCUT2D eigenvalue weighted by Crippen LogP contribution is -2.41. The first-order valence-corrected chi connectivity index (χ1v) is 9.08. The van der Waals surface area contributed by atoms with Crippen LogP contribution in [-0.4, -0.2) is 39.7 Å². The molecule has 0 bridgehead atoms. The Balaban J connectivity index is 1.61. The zero-order valence-electron chi connectivity index (χ0n) is 14.2. The van der Waals surface area contributed by atoms with Gasteiger partial charge in [-0.25, -0.2) is 4.98 Å². The quantitative estimate of drug-likeness (QED) is 0.654. The van der Waals surface area contributed by atoms with Crippen molar-refractivity contribution in [3.05, 3.63) is 51.0 Å². The Kier molecular flexibility index (Phi) is 5.27. The summed E-state index contributed by atoms with van der Waals surface area (Å²) in [7, 11) is 0. The SMILES string of the molecule is Cc1ccc(C(=O)N2CCC(C(=O)Nc3nccs3)CC2)cc1[N+](=O)[O-]. The Morgan fingerprint density at radius 1 is 1.35 bits per heavy atom. The normalized spacial score (nSPS) is 14.9. The van der Waals surface area contributed by atoms with Crippen molar-refractivity contribution in [3.8, 4) is 0 Å². The number of carbonyl (C=O) groups excluding carboxylic acids is 2. The Labute approximate surface area is 154 Å². The van der Waals surface area contributed by atoms with Gasteiger partial charge in [-0.2, -0.15) is 0 Å². The van der Waals surface area contributed by atoms with Crippen LogP contribution in [0.25, 0.3) is 0 Å². The molecule has 26 heavy (non-hydrogen) atoms.